The molecule has 0 heterocycles. The Bertz CT molecular complexity index is 11.7. The summed E-state index contributed by atoms with van der Waals surface area (Å²) >= 11 is 0. The first-order valence-corrected chi connectivity index (χ1v) is 1.00. The average molecular weight is 91.4 g/mol. The van der Waals surface area contributed by atoms with Crippen LogP contribution in [-0.2, 0) is 0 Å². The quantitative estimate of drug-likeness (QED) is 0.378. The standard InChI is InChI=1S/3CH4.B4/c;;;1-4(2)3/h3*1H4;. The van der Waals surface area contributed by atoms with Crippen molar-refractivity contribution in [2.45, 2.75) is 22.3 Å². The first-order chi connectivity index (χ1) is 1.73. The van der Waals surface area contributed by atoms with Crippen LogP contribution in [0.1, 0.15) is 22.3 Å². The largest absolute Gasteiger partial charge is 0.0776 e. The van der Waals surface area contributed by atoms with Gasteiger partial charge in [-0.3, -0.25) is 0 Å². The zero-order valence-electron chi connectivity index (χ0n) is 2.31. The SMILES string of the molecule is C.C.C.[B]B([B])[B]. The third kappa shape index (κ3) is 1680. The molecule has 0 aromatic heterocycles. The van der Waals surface area contributed by atoms with Gasteiger partial charge in [0.1, 0.15) is 0 Å². The lowest BCUT2D eigenvalue weighted by molar-refractivity contribution is 2.50. The van der Waals surface area contributed by atoms with E-state index in [0.717, 1.165) is 0 Å². The molecule has 0 rings (SSSR count). The molecule has 6 radical (unpaired) electrons. The van der Waals surface area contributed by atoms with Gasteiger partial charge in [-0.25, -0.2) is 0 Å². The second-order valence-corrected chi connectivity index (χ2v) is 0.577. The molecule has 0 bridgehead atoms. The molecule has 0 nitrogen and oxygen atoms in total. The van der Waals surface area contributed by atoms with Crippen LogP contribution in [-0.4, -0.2) is 29.6 Å². The highest BCUT2D eigenvalue weighted by atomic mass is 12.5. The van der Waals surface area contributed by atoms with Gasteiger partial charge in [-0.2, -0.15) is 0 Å². The Morgan fingerprint density at radius 1 is 0.714 bits per heavy atom. The molecular formula is C3H12B4. The maximum Gasteiger partial charge on any atom is 0 e. The third-order valence-corrected chi connectivity index (χ3v) is 0. The molecule has 36 valence electrons. The van der Waals surface area contributed by atoms with Crippen molar-refractivity contribution in [1.82, 2.24) is 0 Å². The molecule has 0 unspecified atom stereocenters. The van der Waals surface area contributed by atoms with Crippen LogP contribution in [0.25, 0.3) is 0 Å². The van der Waals surface area contributed by atoms with Gasteiger partial charge in [0.05, 0.1) is 0 Å². The topological polar surface area (TPSA) is 0 Å². The Hall–Kier alpha value is 0.260. The first-order valence-electron chi connectivity index (χ1n) is 1.00. The molecule has 0 aromatic rings. The lowest BCUT2D eigenvalue weighted by atomic mass is 9.08. The number of rotatable bonds is 0. The summed E-state index contributed by atoms with van der Waals surface area (Å²) in [7, 11) is 14.0. The van der Waals surface area contributed by atoms with Gasteiger partial charge in [0, 0.05) is 29.6 Å². The van der Waals surface area contributed by atoms with E-state index >= 15 is 0 Å². The summed E-state index contributed by atoms with van der Waals surface area (Å²) in [6.45, 7) is 0. The molecule has 0 aromatic carbocycles. The Kier molecular flexibility index (Phi) is 62.3. The smallest absolute Gasteiger partial charge is 0 e. The van der Waals surface area contributed by atoms with Gasteiger partial charge >= 0.3 is 0 Å². The molecule has 0 amide bonds. The molecule has 0 aliphatic heterocycles. The van der Waals surface area contributed by atoms with Crippen LogP contribution < -0.4 is 0 Å². The lowest BCUT2D eigenvalue weighted by Gasteiger charge is -1.73. The summed E-state index contributed by atoms with van der Waals surface area (Å²) in [5.74, 6) is 0. The minimum atomic E-state index is -0.667. The summed E-state index contributed by atoms with van der Waals surface area (Å²) in [5.41, 5.74) is 0. The average Bonchev–Trinajstić information content (AvgIpc) is 0.811. The van der Waals surface area contributed by atoms with Gasteiger partial charge in [0.25, 0.3) is 0 Å². The highest BCUT2D eigenvalue weighted by Gasteiger charge is 1.73. The lowest BCUT2D eigenvalue weighted by Crippen LogP contribution is -2.11. The summed E-state index contributed by atoms with van der Waals surface area (Å²) < 4.78 is 0. The Labute approximate surface area is 52.7 Å². The van der Waals surface area contributed by atoms with E-state index in [1.807, 2.05) is 0 Å². The van der Waals surface area contributed by atoms with Crippen LogP contribution in [0.3, 0.4) is 0 Å². The van der Waals surface area contributed by atoms with E-state index in [4.69, 9.17) is 0 Å². The molecule has 0 aliphatic carbocycles. The van der Waals surface area contributed by atoms with E-state index in [0.29, 0.717) is 0 Å². The predicted octanol–water partition coefficient (Wildman–Crippen LogP) is 0.385. The highest BCUT2D eigenvalue weighted by Crippen LogP contribution is 1.35. The van der Waals surface area contributed by atoms with Crippen LogP contribution in [0.15, 0.2) is 0 Å². The van der Waals surface area contributed by atoms with Gasteiger partial charge in [0.2, 0.25) is 0 Å². The summed E-state index contributed by atoms with van der Waals surface area (Å²) in [4.78, 5) is 0. The molecule has 0 atom stereocenters. The van der Waals surface area contributed by atoms with E-state index in [1.165, 1.54) is 0 Å². The van der Waals surface area contributed by atoms with Crippen molar-refractivity contribution in [1.29, 1.82) is 0 Å². The van der Waals surface area contributed by atoms with Crippen molar-refractivity contribution in [3.63, 3.8) is 0 Å². The molecule has 0 spiro atoms. The fourth-order valence-corrected chi connectivity index (χ4v) is 0. The molecule has 7 heavy (non-hydrogen) atoms. The van der Waals surface area contributed by atoms with E-state index < -0.39 is 6.39 Å². The normalized spacial score (nSPS) is 3.43. The molecule has 0 fully saturated rings. The van der Waals surface area contributed by atoms with Crippen LogP contribution in [0.2, 0.25) is 0 Å². The highest BCUT2D eigenvalue weighted by molar-refractivity contribution is 7.49. The fraction of sp³-hybridized carbons (Fsp3) is 1.00. The van der Waals surface area contributed by atoms with E-state index in [-0.39, 0.29) is 22.3 Å². The minimum absolute atomic E-state index is 0. The zero-order valence-corrected chi connectivity index (χ0v) is 2.31. The van der Waals surface area contributed by atoms with E-state index in [2.05, 4.69) is 23.2 Å². The second-order valence-electron chi connectivity index (χ2n) is 0.577. The van der Waals surface area contributed by atoms with Crippen LogP contribution >= 0.6 is 0 Å². The van der Waals surface area contributed by atoms with Crippen molar-refractivity contribution in [2.75, 3.05) is 0 Å². The molecule has 4 heteroatoms. The molecule has 0 N–H and O–H groups in total. The summed E-state index contributed by atoms with van der Waals surface area (Å²) in [6, 6.07) is 0. The number of hydrogen-bond acceptors (Lipinski definition) is 0. The number of hydrogen-bond donors (Lipinski definition) is 0. The predicted molar refractivity (Wildman–Crippen MR) is 43.2 cm³/mol. The van der Waals surface area contributed by atoms with Crippen molar-refractivity contribution < 1.29 is 0 Å². The van der Waals surface area contributed by atoms with Crippen molar-refractivity contribution in [3.8, 4) is 0 Å². The molecule has 0 saturated heterocycles. The van der Waals surface area contributed by atoms with E-state index in [9.17, 15) is 0 Å². The Balaban J connectivity index is -0.0000000150. The maximum atomic E-state index is 4.67. The summed E-state index contributed by atoms with van der Waals surface area (Å²) in [5, 5.41) is 0. The molecular weight excluding hydrogens is 79.3 g/mol. The van der Waals surface area contributed by atoms with Crippen molar-refractivity contribution in [3.05, 3.63) is 0 Å². The third-order valence-electron chi connectivity index (χ3n) is 0. The van der Waals surface area contributed by atoms with Crippen LogP contribution in [0.4, 0.5) is 0 Å². The Morgan fingerprint density at radius 2 is 0.714 bits per heavy atom. The van der Waals surface area contributed by atoms with Gasteiger partial charge in [0.15, 0.2) is 0 Å². The monoisotopic (exact) mass is 92.1 g/mol. The zero-order chi connectivity index (χ0) is 3.58. The van der Waals surface area contributed by atoms with Crippen LogP contribution in [0, 0.1) is 0 Å². The van der Waals surface area contributed by atoms with Gasteiger partial charge in [-0.05, 0) is 0 Å². The Morgan fingerprint density at radius 3 is 0.714 bits per heavy atom. The first kappa shape index (κ1) is 26.8. The molecule has 0 saturated carbocycles. The second kappa shape index (κ2) is 16.3. The minimum Gasteiger partial charge on any atom is -0.0776 e. The van der Waals surface area contributed by atoms with Crippen molar-refractivity contribution >= 4 is 29.6 Å². The van der Waals surface area contributed by atoms with Crippen molar-refractivity contribution in [2.24, 2.45) is 0 Å². The van der Waals surface area contributed by atoms with Gasteiger partial charge in [-0.15, -0.1) is 0 Å². The molecule has 0 aliphatic rings. The van der Waals surface area contributed by atoms with Gasteiger partial charge < -0.3 is 0 Å². The van der Waals surface area contributed by atoms with Crippen LogP contribution in [0.5, 0.6) is 0 Å². The maximum absolute atomic E-state index is 4.67. The fourth-order valence-electron chi connectivity index (χ4n) is 0. The summed E-state index contributed by atoms with van der Waals surface area (Å²) in [6.07, 6.45) is -0.667. The van der Waals surface area contributed by atoms with E-state index in [1.54, 1.807) is 0 Å². The van der Waals surface area contributed by atoms with Gasteiger partial charge in [-0.1, -0.05) is 22.3 Å².